The van der Waals surface area contributed by atoms with Crippen LogP contribution in [0.1, 0.15) is 23.6 Å². The summed E-state index contributed by atoms with van der Waals surface area (Å²) in [6, 6.07) is 62.8. The van der Waals surface area contributed by atoms with Crippen molar-refractivity contribution in [3.05, 3.63) is 193 Å². The van der Waals surface area contributed by atoms with Gasteiger partial charge in [0.2, 0.25) is 0 Å². The van der Waals surface area contributed by atoms with Gasteiger partial charge in [0.15, 0.2) is 5.82 Å². The fourth-order valence-corrected chi connectivity index (χ4v) is 7.57. The van der Waals surface area contributed by atoms with Crippen LogP contribution in [0.2, 0.25) is 0 Å². The van der Waals surface area contributed by atoms with E-state index in [0.29, 0.717) is 0 Å². The maximum absolute atomic E-state index is 5.16. The molecule has 2 nitrogen and oxygen atoms in total. The van der Waals surface area contributed by atoms with Gasteiger partial charge in [0.05, 0.1) is 11.4 Å². The minimum absolute atomic E-state index is 0.248. The predicted molar refractivity (Wildman–Crippen MR) is 199 cm³/mol. The Morgan fingerprint density at radius 3 is 1.67 bits per heavy atom. The van der Waals surface area contributed by atoms with Gasteiger partial charge in [-0.1, -0.05) is 164 Å². The molecule has 1 aliphatic rings. The molecular weight excluding hydrogens is 581 g/mol. The van der Waals surface area contributed by atoms with Gasteiger partial charge in [-0.2, -0.15) is 0 Å². The van der Waals surface area contributed by atoms with Gasteiger partial charge in [0.25, 0.3) is 0 Å². The van der Waals surface area contributed by atoms with Crippen molar-refractivity contribution in [1.29, 1.82) is 0 Å². The lowest BCUT2D eigenvalue weighted by atomic mass is 9.74. The maximum Gasteiger partial charge on any atom is 0.160 e. The van der Waals surface area contributed by atoms with Gasteiger partial charge >= 0.3 is 0 Å². The fraction of sp³-hybridized carbons (Fsp3) is 0.0435. The fourth-order valence-electron chi connectivity index (χ4n) is 7.57. The molecule has 2 heteroatoms. The predicted octanol–water partition coefficient (Wildman–Crippen LogP) is 11.6. The second kappa shape index (κ2) is 11.3. The van der Waals surface area contributed by atoms with Crippen LogP contribution in [0, 0.1) is 0 Å². The van der Waals surface area contributed by atoms with E-state index in [1.807, 2.05) is 24.3 Å². The Morgan fingerprint density at radius 1 is 0.375 bits per heavy atom. The zero-order valence-corrected chi connectivity index (χ0v) is 26.6. The third-order valence-electron chi connectivity index (χ3n) is 10.0. The Labute approximate surface area is 281 Å². The summed E-state index contributed by atoms with van der Waals surface area (Å²) in [5.41, 5.74) is 13.8. The zero-order chi connectivity index (χ0) is 32.1. The number of rotatable bonds is 5. The lowest BCUT2D eigenvalue weighted by molar-refractivity contribution is 0.714. The van der Waals surface area contributed by atoms with E-state index in [4.69, 9.17) is 9.97 Å². The van der Waals surface area contributed by atoms with Gasteiger partial charge in [-0.3, -0.25) is 0 Å². The van der Waals surface area contributed by atoms with Crippen LogP contribution in [0.4, 0.5) is 0 Å². The van der Waals surface area contributed by atoms with Crippen LogP contribution in [-0.4, -0.2) is 9.97 Å². The Morgan fingerprint density at radius 2 is 0.917 bits per heavy atom. The van der Waals surface area contributed by atoms with Crippen molar-refractivity contribution in [3.8, 4) is 56.2 Å². The summed E-state index contributed by atoms with van der Waals surface area (Å²) in [6.07, 6.45) is 0. The number of hydrogen-bond donors (Lipinski definition) is 0. The molecule has 1 heterocycles. The van der Waals surface area contributed by atoms with Crippen LogP contribution < -0.4 is 0 Å². The number of hydrogen-bond acceptors (Lipinski definition) is 2. The van der Waals surface area contributed by atoms with Crippen molar-refractivity contribution < 1.29 is 0 Å². The van der Waals surface area contributed by atoms with Gasteiger partial charge in [0, 0.05) is 22.1 Å². The first-order valence-corrected chi connectivity index (χ1v) is 16.5. The minimum Gasteiger partial charge on any atom is -0.228 e. The lowest BCUT2D eigenvalue weighted by Crippen LogP contribution is -2.22. The summed E-state index contributed by atoms with van der Waals surface area (Å²) in [4.78, 5) is 10.2. The quantitative estimate of drug-likeness (QED) is 0.193. The van der Waals surface area contributed by atoms with E-state index < -0.39 is 0 Å². The molecule has 48 heavy (non-hydrogen) atoms. The van der Waals surface area contributed by atoms with E-state index in [0.717, 1.165) is 33.9 Å². The Kier molecular flexibility index (Phi) is 6.62. The first-order valence-electron chi connectivity index (χ1n) is 16.5. The van der Waals surface area contributed by atoms with Crippen molar-refractivity contribution >= 4 is 10.8 Å². The number of aromatic nitrogens is 2. The molecule has 0 saturated heterocycles. The van der Waals surface area contributed by atoms with Gasteiger partial charge in [-0.25, -0.2) is 9.97 Å². The van der Waals surface area contributed by atoms with Crippen LogP contribution >= 0.6 is 0 Å². The monoisotopic (exact) mass is 612 g/mol. The molecule has 8 aromatic rings. The van der Waals surface area contributed by atoms with Crippen molar-refractivity contribution in [2.75, 3.05) is 0 Å². The highest BCUT2D eigenvalue weighted by Crippen LogP contribution is 2.53. The minimum atomic E-state index is -0.248. The van der Waals surface area contributed by atoms with Crippen LogP contribution in [0.5, 0.6) is 0 Å². The van der Waals surface area contributed by atoms with Gasteiger partial charge in [-0.15, -0.1) is 0 Å². The van der Waals surface area contributed by atoms with Gasteiger partial charge in [-0.05, 0) is 68.8 Å². The Balaban J connectivity index is 1.22. The van der Waals surface area contributed by atoms with Crippen molar-refractivity contribution in [1.82, 2.24) is 9.97 Å². The van der Waals surface area contributed by atoms with Gasteiger partial charge in [0.1, 0.15) is 0 Å². The molecule has 9 rings (SSSR count). The molecule has 1 aromatic heterocycles. The molecule has 0 spiro atoms. The molecule has 0 radical (unpaired) electrons. The molecule has 0 aliphatic heterocycles. The molecular formula is C46H32N2. The highest BCUT2D eigenvalue weighted by atomic mass is 14.9. The van der Waals surface area contributed by atoms with Gasteiger partial charge < -0.3 is 0 Å². The van der Waals surface area contributed by atoms with E-state index >= 15 is 0 Å². The summed E-state index contributed by atoms with van der Waals surface area (Å²) in [7, 11) is 0. The van der Waals surface area contributed by atoms with Crippen LogP contribution in [0.25, 0.3) is 66.9 Å². The molecule has 0 bridgehead atoms. The van der Waals surface area contributed by atoms with Crippen molar-refractivity contribution in [3.63, 3.8) is 0 Å². The Bertz CT molecular complexity index is 2390. The molecule has 226 valence electrons. The second-order valence-electron chi connectivity index (χ2n) is 12.7. The molecule has 0 N–H and O–H groups in total. The van der Waals surface area contributed by atoms with Crippen LogP contribution in [-0.2, 0) is 5.41 Å². The SMILES string of the molecule is CC1(c2ccccc2)c2ccccc2-c2ccc(-c3ccc(-c4cc(-c5ccccc5)nc(-c5ccccc5)n4)c4ccccc34)cc21. The Hall–Kier alpha value is -6.12. The first kappa shape index (κ1) is 28.1. The third kappa shape index (κ3) is 4.49. The molecule has 0 amide bonds. The smallest absolute Gasteiger partial charge is 0.160 e. The van der Waals surface area contributed by atoms with E-state index in [-0.39, 0.29) is 5.41 Å². The molecule has 1 aliphatic carbocycles. The average Bonchev–Trinajstić information content (AvgIpc) is 3.43. The second-order valence-corrected chi connectivity index (χ2v) is 12.7. The third-order valence-corrected chi connectivity index (χ3v) is 10.0. The topological polar surface area (TPSA) is 25.8 Å². The molecule has 0 fully saturated rings. The lowest BCUT2D eigenvalue weighted by Gasteiger charge is -2.28. The van der Waals surface area contributed by atoms with Crippen LogP contribution in [0.15, 0.2) is 176 Å². The summed E-state index contributed by atoms with van der Waals surface area (Å²) >= 11 is 0. The molecule has 0 saturated carbocycles. The number of fused-ring (bicyclic) bond motifs is 4. The van der Waals surface area contributed by atoms with Crippen molar-refractivity contribution in [2.24, 2.45) is 0 Å². The summed E-state index contributed by atoms with van der Waals surface area (Å²) in [6.45, 7) is 2.38. The number of benzene rings is 7. The van der Waals surface area contributed by atoms with E-state index in [2.05, 4.69) is 159 Å². The molecule has 1 atom stereocenters. The summed E-state index contributed by atoms with van der Waals surface area (Å²) in [5.74, 6) is 0.721. The van der Waals surface area contributed by atoms with E-state index in [9.17, 15) is 0 Å². The van der Waals surface area contributed by atoms with Crippen molar-refractivity contribution in [2.45, 2.75) is 12.3 Å². The molecule has 1 unspecified atom stereocenters. The van der Waals surface area contributed by atoms with E-state index in [1.54, 1.807) is 0 Å². The largest absolute Gasteiger partial charge is 0.228 e. The average molecular weight is 613 g/mol. The zero-order valence-electron chi connectivity index (χ0n) is 26.6. The van der Waals surface area contributed by atoms with E-state index in [1.165, 1.54) is 49.7 Å². The normalized spacial score (nSPS) is 14.9. The highest BCUT2D eigenvalue weighted by Gasteiger charge is 2.40. The summed E-state index contributed by atoms with van der Waals surface area (Å²) < 4.78 is 0. The highest BCUT2D eigenvalue weighted by molar-refractivity contribution is 6.05. The first-order chi connectivity index (χ1) is 23.7. The maximum atomic E-state index is 5.16. The van der Waals surface area contributed by atoms with Crippen LogP contribution in [0.3, 0.4) is 0 Å². The summed E-state index contributed by atoms with van der Waals surface area (Å²) in [5, 5.41) is 2.37. The molecule has 7 aromatic carbocycles. The standard InChI is InChI=1S/C46H32N2/c1-46(34-19-9-4-10-20-34)41-24-14-13-23-38(41)39-26-25-33(29-42(39)46)35-27-28-40(37-22-12-11-21-36(35)37)44-30-43(31-15-5-2-6-16-31)47-45(48-44)32-17-7-3-8-18-32/h2-30H,1H3. The number of nitrogens with zero attached hydrogens (tertiary/aromatic N) is 2.